The van der Waals surface area contributed by atoms with E-state index < -0.39 is 0 Å². The maximum absolute atomic E-state index is 5.65. The highest BCUT2D eigenvalue weighted by Crippen LogP contribution is 2.35. The number of alkyl halides is 1. The fourth-order valence-corrected chi connectivity index (χ4v) is 2.21. The minimum Gasteiger partial charge on any atom is -0.147 e. The van der Waals surface area contributed by atoms with Crippen LogP contribution in [0.4, 0.5) is 0 Å². The van der Waals surface area contributed by atoms with Crippen LogP contribution in [0.1, 0.15) is 13.8 Å². The van der Waals surface area contributed by atoms with Gasteiger partial charge >= 0.3 is 0 Å². The Morgan fingerprint density at radius 1 is 1.78 bits per heavy atom. The van der Waals surface area contributed by atoms with Gasteiger partial charge in [-0.1, -0.05) is 6.08 Å². The molecule has 2 heteroatoms. The first kappa shape index (κ1) is 7.49. The third-order valence-electron chi connectivity index (χ3n) is 1.35. The molecule has 0 amide bonds. The monoisotopic (exact) mass is 162 g/mol. The summed E-state index contributed by atoms with van der Waals surface area (Å²) in [6, 6.07) is 0. The molecule has 0 radical (unpaired) electrons. The van der Waals surface area contributed by atoms with Gasteiger partial charge in [-0.05, 0) is 19.4 Å². The lowest BCUT2D eigenvalue weighted by Crippen LogP contribution is -2.04. The SMILES string of the molecule is CC1(C)C=C(CCl)CS1. The summed E-state index contributed by atoms with van der Waals surface area (Å²) in [4.78, 5) is 0. The fraction of sp³-hybridized carbons (Fsp3) is 0.714. The van der Waals surface area contributed by atoms with Crippen molar-refractivity contribution in [3.05, 3.63) is 11.6 Å². The van der Waals surface area contributed by atoms with Gasteiger partial charge in [-0.15, -0.1) is 23.4 Å². The molecule has 0 N–H and O–H groups in total. The molecule has 0 aliphatic carbocycles. The van der Waals surface area contributed by atoms with Crippen molar-refractivity contribution in [3.63, 3.8) is 0 Å². The molecular weight excluding hydrogens is 152 g/mol. The highest BCUT2D eigenvalue weighted by atomic mass is 35.5. The van der Waals surface area contributed by atoms with Gasteiger partial charge in [0.1, 0.15) is 0 Å². The molecule has 0 nitrogen and oxygen atoms in total. The van der Waals surface area contributed by atoms with E-state index in [1.54, 1.807) is 0 Å². The zero-order valence-corrected chi connectivity index (χ0v) is 7.35. The van der Waals surface area contributed by atoms with Crippen LogP contribution in [0.25, 0.3) is 0 Å². The van der Waals surface area contributed by atoms with Crippen LogP contribution >= 0.6 is 23.4 Å². The van der Waals surface area contributed by atoms with E-state index in [0.717, 1.165) is 5.75 Å². The molecule has 0 saturated heterocycles. The quantitative estimate of drug-likeness (QED) is 0.422. The molecule has 1 heterocycles. The molecule has 0 unspecified atom stereocenters. The van der Waals surface area contributed by atoms with Gasteiger partial charge < -0.3 is 0 Å². The van der Waals surface area contributed by atoms with Gasteiger partial charge in [-0.3, -0.25) is 0 Å². The van der Waals surface area contributed by atoms with Crippen molar-refractivity contribution in [2.45, 2.75) is 18.6 Å². The van der Waals surface area contributed by atoms with Crippen molar-refractivity contribution in [3.8, 4) is 0 Å². The van der Waals surface area contributed by atoms with Gasteiger partial charge in [0.15, 0.2) is 0 Å². The van der Waals surface area contributed by atoms with E-state index >= 15 is 0 Å². The summed E-state index contributed by atoms with van der Waals surface area (Å²) >= 11 is 7.61. The van der Waals surface area contributed by atoms with E-state index in [-0.39, 0.29) is 0 Å². The molecule has 0 aromatic heterocycles. The van der Waals surface area contributed by atoms with Crippen LogP contribution in [0, 0.1) is 0 Å². The van der Waals surface area contributed by atoms with Gasteiger partial charge in [0.25, 0.3) is 0 Å². The zero-order valence-electron chi connectivity index (χ0n) is 5.78. The largest absolute Gasteiger partial charge is 0.147 e. The van der Waals surface area contributed by atoms with Gasteiger partial charge in [0.05, 0.1) is 0 Å². The smallest absolute Gasteiger partial charge is 0.0442 e. The topological polar surface area (TPSA) is 0 Å². The predicted octanol–water partition coefficient (Wildman–Crippen LogP) is 2.68. The lowest BCUT2D eigenvalue weighted by atomic mass is 10.1. The van der Waals surface area contributed by atoms with E-state index in [4.69, 9.17) is 11.6 Å². The molecule has 52 valence electrons. The van der Waals surface area contributed by atoms with Gasteiger partial charge in [-0.2, -0.15) is 0 Å². The minimum absolute atomic E-state index is 0.338. The third-order valence-corrected chi connectivity index (χ3v) is 3.07. The molecule has 0 saturated carbocycles. The van der Waals surface area contributed by atoms with Crippen LogP contribution < -0.4 is 0 Å². The van der Waals surface area contributed by atoms with Crippen molar-refractivity contribution in [2.75, 3.05) is 11.6 Å². The summed E-state index contributed by atoms with van der Waals surface area (Å²) in [5.74, 6) is 1.83. The zero-order chi connectivity index (χ0) is 6.91. The van der Waals surface area contributed by atoms with E-state index in [2.05, 4.69) is 19.9 Å². The molecule has 0 spiro atoms. The summed E-state index contributed by atoms with van der Waals surface area (Å²) < 4.78 is 0.338. The number of halogens is 1. The molecule has 9 heavy (non-hydrogen) atoms. The molecule has 1 aliphatic heterocycles. The Morgan fingerprint density at radius 3 is 2.67 bits per heavy atom. The summed E-state index contributed by atoms with van der Waals surface area (Å²) in [7, 11) is 0. The lowest BCUT2D eigenvalue weighted by Gasteiger charge is -2.11. The molecule has 0 aromatic carbocycles. The Labute approximate surface area is 65.7 Å². The van der Waals surface area contributed by atoms with Gasteiger partial charge in [0, 0.05) is 16.4 Å². The Morgan fingerprint density at radius 2 is 2.44 bits per heavy atom. The second kappa shape index (κ2) is 2.55. The van der Waals surface area contributed by atoms with Crippen molar-refractivity contribution >= 4 is 23.4 Å². The summed E-state index contributed by atoms with van der Waals surface area (Å²) in [5, 5.41) is 0. The maximum Gasteiger partial charge on any atom is 0.0442 e. The first-order chi connectivity index (χ1) is 4.14. The molecule has 1 aliphatic rings. The average Bonchev–Trinajstić information content (AvgIpc) is 2.10. The molecule has 0 fully saturated rings. The van der Waals surface area contributed by atoms with Crippen molar-refractivity contribution < 1.29 is 0 Å². The number of hydrogen-bond donors (Lipinski definition) is 0. The Bertz CT molecular complexity index is 138. The second-order valence-corrected chi connectivity index (χ2v) is 4.73. The van der Waals surface area contributed by atoms with Crippen molar-refractivity contribution in [1.82, 2.24) is 0 Å². The van der Waals surface area contributed by atoms with E-state index in [1.807, 2.05) is 11.8 Å². The molecular formula is C7H11ClS. The normalized spacial score (nSPS) is 24.1. The first-order valence-corrected chi connectivity index (χ1v) is 4.56. The van der Waals surface area contributed by atoms with E-state index in [9.17, 15) is 0 Å². The number of thioether (sulfide) groups is 1. The Balaban J connectivity index is 2.61. The molecule has 0 bridgehead atoms. The van der Waals surface area contributed by atoms with Crippen LogP contribution in [0.15, 0.2) is 11.6 Å². The van der Waals surface area contributed by atoms with Crippen LogP contribution in [-0.4, -0.2) is 16.4 Å². The third kappa shape index (κ3) is 1.91. The van der Waals surface area contributed by atoms with Crippen molar-refractivity contribution in [2.24, 2.45) is 0 Å². The molecule has 0 atom stereocenters. The summed E-state index contributed by atoms with van der Waals surface area (Å²) in [6.45, 7) is 4.44. The van der Waals surface area contributed by atoms with Gasteiger partial charge in [-0.25, -0.2) is 0 Å². The second-order valence-electron chi connectivity index (χ2n) is 2.83. The standard InChI is InChI=1S/C7H11ClS/c1-7(2)3-6(4-8)5-9-7/h3H,4-5H2,1-2H3. The molecule has 1 rings (SSSR count). The van der Waals surface area contributed by atoms with E-state index in [0.29, 0.717) is 10.6 Å². The Hall–Kier alpha value is 0.380. The summed E-state index contributed by atoms with van der Waals surface area (Å²) in [5.41, 5.74) is 1.38. The predicted molar refractivity (Wildman–Crippen MR) is 45.3 cm³/mol. The van der Waals surface area contributed by atoms with Crippen LogP contribution in [0.5, 0.6) is 0 Å². The number of hydrogen-bond acceptors (Lipinski definition) is 1. The summed E-state index contributed by atoms with van der Waals surface area (Å²) in [6.07, 6.45) is 2.27. The van der Waals surface area contributed by atoms with Crippen LogP contribution in [-0.2, 0) is 0 Å². The molecule has 0 aromatic rings. The average molecular weight is 163 g/mol. The highest BCUT2D eigenvalue weighted by Gasteiger charge is 2.22. The lowest BCUT2D eigenvalue weighted by molar-refractivity contribution is 0.907. The fourth-order valence-electron chi connectivity index (χ4n) is 0.931. The van der Waals surface area contributed by atoms with E-state index in [1.165, 1.54) is 5.57 Å². The number of rotatable bonds is 1. The Kier molecular flexibility index (Phi) is 2.12. The maximum atomic E-state index is 5.65. The van der Waals surface area contributed by atoms with Gasteiger partial charge in [0.2, 0.25) is 0 Å². The van der Waals surface area contributed by atoms with Crippen molar-refractivity contribution in [1.29, 1.82) is 0 Å². The minimum atomic E-state index is 0.338. The highest BCUT2D eigenvalue weighted by molar-refractivity contribution is 8.01. The van der Waals surface area contributed by atoms with Crippen LogP contribution in [0.2, 0.25) is 0 Å². The first-order valence-electron chi connectivity index (χ1n) is 3.04. The van der Waals surface area contributed by atoms with Crippen LogP contribution in [0.3, 0.4) is 0 Å².